The van der Waals surface area contributed by atoms with Crippen LogP contribution in [0.2, 0.25) is 0 Å². The van der Waals surface area contributed by atoms with Crippen molar-refractivity contribution in [3.05, 3.63) is 58.9 Å². The summed E-state index contributed by atoms with van der Waals surface area (Å²) in [5, 5.41) is 5.32. The molecule has 0 N–H and O–H groups in total. The van der Waals surface area contributed by atoms with Gasteiger partial charge in [-0.3, -0.25) is 4.79 Å². The number of carbonyl (C=O) groups is 1. The van der Waals surface area contributed by atoms with Gasteiger partial charge >= 0.3 is 0 Å². The second kappa shape index (κ2) is 5.99. The van der Waals surface area contributed by atoms with Gasteiger partial charge in [0.05, 0.1) is 17.5 Å². The van der Waals surface area contributed by atoms with E-state index in [2.05, 4.69) is 42.1 Å². The summed E-state index contributed by atoms with van der Waals surface area (Å²) in [5.74, 6) is 0.0544. The Hall–Kier alpha value is -2.69. The lowest BCUT2D eigenvalue weighted by molar-refractivity contribution is 0.0733. The summed E-state index contributed by atoms with van der Waals surface area (Å²) in [6, 6.07) is 10.5. The van der Waals surface area contributed by atoms with E-state index in [0.29, 0.717) is 12.1 Å². The van der Waals surface area contributed by atoms with E-state index >= 15 is 0 Å². The fraction of sp³-hybridized carbons (Fsp3) is 0.350. The third-order valence-electron chi connectivity index (χ3n) is 4.90. The van der Waals surface area contributed by atoms with E-state index < -0.39 is 0 Å². The molecule has 1 aliphatic rings. The number of hydrogen-bond donors (Lipinski definition) is 0. The van der Waals surface area contributed by atoms with Crippen molar-refractivity contribution in [3.8, 4) is 0 Å². The quantitative estimate of drug-likeness (QED) is 0.720. The molecule has 128 valence electrons. The number of hydrogen-bond acceptors (Lipinski definition) is 3. The summed E-state index contributed by atoms with van der Waals surface area (Å²) in [6.07, 6.45) is 2.70. The molecule has 1 aromatic carbocycles. The van der Waals surface area contributed by atoms with Crippen molar-refractivity contribution < 1.29 is 4.79 Å². The molecule has 4 rings (SSSR count). The van der Waals surface area contributed by atoms with Crippen LogP contribution in [0.5, 0.6) is 0 Å². The van der Waals surface area contributed by atoms with Crippen LogP contribution in [0, 0.1) is 6.92 Å². The first-order chi connectivity index (χ1) is 12.0. The van der Waals surface area contributed by atoms with E-state index in [0.717, 1.165) is 29.7 Å². The van der Waals surface area contributed by atoms with Crippen LogP contribution in [0.15, 0.2) is 36.5 Å². The Labute approximate surface area is 147 Å². The van der Waals surface area contributed by atoms with Crippen LogP contribution < -0.4 is 0 Å². The van der Waals surface area contributed by atoms with Gasteiger partial charge in [0.1, 0.15) is 0 Å². The molecule has 2 aromatic heterocycles. The van der Waals surface area contributed by atoms with Crippen LogP contribution in [-0.4, -0.2) is 32.1 Å². The minimum atomic E-state index is 0.0544. The topological polar surface area (TPSA) is 51.0 Å². The highest BCUT2D eigenvalue weighted by Crippen LogP contribution is 2.24. The van der Waals surface area contributed by atoms with Crippen molar-refractivity contribution in [2.75, 3.05) is 6.54 Å². The predicted octanol–water partition coefficient (Wildman–Crippen LogP) is 3.52. The molecule has 0 atom stereocenters. The first-order valence-corrected chi connectivity index (χ1v) is 8.75. The van der Waals surface area contributed by atoms with Crippen molar-refractivity contribution in [2.24, 2.45) is 0 Å². The summed E-state index contributed by atoms with van der Waals surface area (Å²) >= 11 is 0. The van der Waals surface area contributed by atoms with Crippen LogP contribution in [-0.2, 0) is 13.0 Å². The number of amides is 1. The van der Waals surface area contributed by atoms with Crippen LogP contribution in [0.25, 0.3) is 11.0 Å². The zero-order chi connectivity index (χ0) is 17.6. The van der Waals surface area contributed by atoms with Crippen LogP contribution >= 0.6 is 0 Å². The zero-order valence-electron chi connectivity index (χ0n) is 14.9. The Bertz CT molecular complexity index is 957. The Kier molecular flexibility index (Phi) is 3.79. The smallest absolute Gasteiger partial charge is 0.256 e. The average molecular weight is 334 g/mol. The number of nitrogens with zero attached hydrogens (tertiary/aromatic N) is 4. The van der Waals surface area contributed by atoms with Crippen LogP contribution in [0.1, 0.15) is 47.1 Å². The molecule has 0 saturated heterocycles. The van der Waals surface area contributed by atoms with Gasteiger partial charge in [-0.15, -0.1) is 0 Å². The minimum Gasteiger partial charge on any atom is -0.334 e. The van der Waals surface area contributed by atoms with E-state index in [-0.39, 0.29) is 11.9 Å². The molecule has 3 aromatic rings. The summed E-state index contributed by atoms with van der Waals surface area (Å²) in [6.45, 7) is 7.47. The van der Waals surface area contributed by atoms with Crippen LogP contribution in [0.4, 0.5) is 0 Å². The molecule has 3 heterocycles. The van der Waals surface area contributed by atoms with Crippen molar-refractivity contribution in [2.45, 2.75) is 39.8 Å². The molecule has 0 saturated carbocycles. The highest BCUT2D eigenvalue weighted by Gasteiger charge is 2.24. The van der Waals surface area contributed by atoms with Gasteiger partial charge in [-0.05, 0) is 44.4 Å². The fourth-order valence-corrected chi connectivity index (χ4v) is 3.50. The largest absolute Gasteiger partial charge is 0.334 e. The van der Waals surface area contributed by atoms with Crippen LogP contribution in [0.3, 0.4) is 0 Å². The molecular weight excluding hydrogens is 312 g/mol. The number of benzene rings is 1. The zero-order valence-corrected chi connectivity index (χ0v) is 14.9. The summed E-state index contributed by atoms with van der Waals surface area (Å²) < 4.78 is 1.90. The molecule has 1 aliphatic heterocycles. The van der Waals surface area contributed by atoms with Gasteiger partial charge in [0, 0.05) is 24.5 Å². The summed E-state index contributed by atoms with van der Waals surface area (Å²) in [5.41, 5.74) is 4.86. The first kappa shape index (κ1) is 15.8. The highest BCUT2D eigenvalue weighted by molar-refractivity contribution is 5.98. The molecule has 0 unspecified atom stereocenters. The third kappa shape index (κ3) is 2.69. The van der Waals surface area contributed by atoms with Crippen molar-refractivity contribution in [3.63, 3.8) is 0 Å². The Morgan fingerprint density at radius 1 is 1.20 bits per heavy atom. The van der Waals surface area contributed by atoms with Gasteiger partial charge in [0.25, 0.3) is 5.91 Å². The highest BCUT2D eigenvalue weighted by atomic mass is 16.2. The van der Waals surface area contributed by atoms with Crippen molar-refractivity contribution in [1.82, 2.24) is 19.7 Å². The second-order valence-corrected chi connectivity index (χ2v) is 6.96. The van der Waals surface area contributed by atoms with Gasteiger partial charge in [0.15, 0.2) is 5.65 Å². The SMILES string of the molecule is Cc1nc2c(cnn2C(C)C)cc1C(=O)N1CCc2ccccc2C1. The molecule has 0 fully saturated rings. The Morgan fingerprint density at radius 3 is 2.72 bits per heavy atom. The van der Waals surface area contributed by atoms with Gasteiger partial charge < -0.3 is 4.90 Å². The molecule has 0 aliphatic carbocycles. The normalized spacial score (nSPS) is 14.2. The lowest BCUT2D eigenvalue weighted by Crippen LogP contribution is -2.36. The lowest BCUT2D eigenvalue weighted by atomic mass is 9.99. The van der Waals surface area contributed by atoms with Gasteiger partial charge in [-0.25, -0.2) is 9.67 Å². The number of aryl methyl sites for hydroxylation is 1. The summed E-state index contributed by atoms with van der Waals surface area (Å²) in [7, 11) is 0. The van der Waals surface area contributed by atoms with E-state index in [4.69, 9.17) is 0 Å². The standard InChI is InChI=1S/C20H22N4O/c1-13(2)24-19-17(11-21-24)10-18(14(3)22-19)20(25)23-9-8-15-6-4-5-7-16(15)12-23/h4-7,10-11,13H,8-9,12H2,1-3H3. The summed E-state index contributed by atoms with van der Waals surface area (Å²) in [4.78, 5) is 19.7. The number of rotatable bonds is 2. The van der Waals surface area contributed by atoms with Gasteiger partial charge in [-0.2, -0.15) is 5.10 Å². The maximum absolute atomic E-state index is 13.1. The monoisotopic (exact) mass is 334 g/mol. The molecule has 25 heavy (non-hydrogen) atoms. The van der Waals surface area contributed by atoms with Crippen molar-refractivity contribution >= 4 is 16.9 Å². The average Bonchev–Trinajstić information content (AvgIpc) is 3.03. The Balaban J connectivity index is 1.68. The van der Waals surface area contributed by atoms with E-state index in [9.17, 15) is 4.79 Å². The molecular formula is C20H22N4O. The van der Waals surface area contributed by atoms with E-state index in [1.807, 2.05) is 28.6 Å². The van der Waals surface area contributed by atoms with Crippen molar-refractivity contribution in [1.29, 1.82) is 0 Å². The molecule has 0 spiro atoms. The molecule has 5 nitrogen and oxygen atoms in total. The van der Waals surface area contributed by atoms with Gasteiger partial charge in [0.2, 0.25) is 0 Å². The Morgan fingerprint density at radius 2 is 1.96 bits per heavy atom. The van der Waals surface area contributed by atoms with Gasteiger partial charge in [-0.1, -0.05) is 24.3 Å². The molecule has 0 radical (unpaired) electrons. The minimum absolute atomic E-state index is 0.0544. The lowest BCUT2D eigenvalue weighted by Gasteiger charge is -2.29. The predicted molar refractivity (Wildman–Crippen MR) is 97.5 cm³/mol. The number of pyridine rings is 1. The second-order valence-electron chi connectivity index (χ2n) is 6.96. The maximum Gasteiger partial charge on any atom is 0.256 e. The number of fused-ring (bicyclic) bond motifs is 2. The molecule has 0 bridgehead atoms. The molecule has 5 heteroatoms. The van der Waals surface area contributed by atoms with E-state index in [1.54, 1.807) is 6.20 Å². The maximum atomic E-state index is 13.1. The fourth-order valence-electron chi connectivity index (χ4n) is 3.50. The number of carbonyl (C=O) groups excluding carboxylic acids is 1. The first-order valence-electron chi connectivity index (χ1n) is 8.75. The molecule has 1 amide bonds. The van der Waals surface area contributed by atoms with E-state index in [1.165, 1.54) is 11.1 Å². The number of aromatic nitrogens is 3. The third-order valence-corrected chi connectivity index (χ3v) is 4.90.